The molecule has 3 rings (SSSR count). The Kier molecular flexibility index (Phi) is 3.70. The molecule has 0 unspecified atom stereocenters. The summed E-state index contributed by atoms with van der Waals surface area (Å²) >= 11 is 1.76. The highest BCUT2D eigenvalue weighted by molar-refractivity contribution is 7.10. The van der Waals surface area contributed by atoms with Crippen LogP contribution in [-0.2, 0) is 22.4 Å². The molecule has 0 fully saturated rings. The van der Waals surface area contributed by atoms with E-state index in [9.17, 15) is 4.79 Å². The quantitative estimate of drug-likeness (QED) is 0.618. The third-order valence-corrected chi connectivity index (χ3v) is 4.49. The number of rotatable bonds is 2. The number of thiophene rings is 1. The van der Waals surface area contributed by atoms with Crippen molar-refractivity contribution in [2.24, 2.45) is 0 Å². The first-order valence-electron chi connectivity index (χ1n) is 6.83. The topological polar surface area (TPSA) is 26.3 Å². The number of aryl methyl sites for hydroxylation is 2. The fourth-order valence-corrected chi connectivity index (χ4v) is 3.52. The number of esters is 1. The van der Waals surface area contributed by atoms with E-state index in [1.165, 1.54) is 16.0 Å². The summed E-state index contributed by atoms with van der Waals surface area (Å²) in [7, 11) is 0. The molecule has 0 radical (unpaired) electrons. The first-order chi connectivity index (χ1) is 9.79. The van der Waals surface area contributed by atoms with Crippen molar-refractivity contribution in [3.63, 3.8) is 0 Å². The maximum atomic E-state index is 11.9. The predicted molar refractivity (Wildman–Crippen MR) is 81.9 cm³/mol. The van der Waals surface area contributed by atoms with Crippen LogP contribution >= 0.6 is 11.3 Å². The van der Waals surface area contributed by atoms with Gasteiger partial charge in [0.1, 0.15) is 0 Å². The van der Waals surface area contributed by atoms with Gasteiger partial charge in [-0.15, -0.1) is 11.3 Å². The van der Waals surface area contributed by atoms with Gasteiger partial charge in [0.25, 0.3) is 0 Å². The van der Waals surface area contributed by atoms with Gasteiger partial charge in [-0.3, -0.25) is 0 Å². The molecule has 0 spiro atoms. The van der Waals surface area contributed by atoms with Gasteiger partial charge >= 0.3 is 5.97 Å². The summed E-state index contributed by atoms with van der Waals surface area (Å²) in [6.45, 7) is 2.23. The summed E-state index contributed by atoms with van der Waals surface area (Å²) in [4.78, 5) is 13.2. The zero-order chi connectivity index (χ0) is 13.9. The number of ether oxygens (including phenoxy) is 1. The Bertz CT molecular complexity index is 667. The van der Waals surface area contributed by atoms with E-state index >= 15 is 0 Å². The number of hydrogen-bond acceptors (Lipinski definition) is 3. The Morgan fingerprint density at radius 3 is 2.95 bits per heavy atom. The molecule has 0 aliphatic heterocycles. The Morgan fingerprint density at radius 2 is 2.10 bits per heavy atom. The van der Waals surface area contributed by atoms with Crippen LogP contribution in [0.5, 0.6) is 0 Å². The standard InChI is InChI=1S/C17H16O2S/c1-2-19-17(18)11-15-13-6-4-3-5-12(13)7-8-16-14(15)9-10-20-16/h3-6,9-11H,2,7-8H2,1H3/b15-11-. The third-order valence-electron chi connectivity index (χ3n) is 3.51. The van der Waals surface area contributed by atoms with Crippen LogP contribution in [0.1, 0.15) is 28.5 Å². The van der Waals surface area contributed by atoms with Crippen LogP contribution in [-0.4, -0.2) is 12.6 Å². The summed E-state index contributed by atoms with van der Waals surface area (Å²) < 4.78 is 5.08. The Hall–Kier alpha value is -1.87. The molecule has 3 heteroatoms. The van der Waals surface area contributed by atoms with Gasteiger partial charge in [-0.05, 0) is 53.5 Å². The molecule has 2 nitrogen and oxygen atoms in total. The van der Waals surface area contributed by atoms with Crippen LogP contribution in [0, 0.1) is 0 Å². The summed E-state index contributed by atoms with van der Waals surface area (Å²) in [5.41, 5.74) is 4.62. The summed E-state index contributed by atoms with van der Waals surface area (Å²) in [5, 5.41) is 2.09. The zero-order valence-corrected chi connectivity index (χ0v) is 12.2. The maximum Gasteiger partial charge on any atom is 0.331 e. The maximum absolute atomic E-state index is 11.9. The van der Waals surface area contributed by atoms with Crippen molar-refractivity contribution in [1.29, 1.82) is 0 Å². The van der Waals surface area contributed by atoms with Gasteiger partial charge in [0.05, 0.1) is 6.61 Å². The molecule has 1 aliphatic rings. The van der Waals surface area contributed by atoms with Crippen LogP contribution in [0.3, 0.4) is 0 Å². The number of carbonyl (C=O) groups excluding carboxylic acids is 1. The third kappa shape index (κ3) is 2.41. The van der Waals surface area contributed by atoms with Crippen LogP contribution in [0.25, 0.3) is 5.57 Å². The molecule has 0 amide bonds. The minimum Gasteiger partial charge on any atom is -0.463 e. The first kappa shape index (κ1) is 13.1. The largest absolute Gasteiger partial charge is 0.463 e. The van der Waals surface area contributed by atoms with E-state index in [2.05, 4.69) is 29.6 Å². The van der Waals surface area contributed by atoms with E-state index < -0.39 is 0 Å². The highest BCUT2D eigenvalue weighted by Gasteiger charge is 2.19. The number of hydrogen-bond donors (Lipinski definition) is 0. The van der Waals surface area contributed by atoms with Crippen LogP contribution in [0.15, 0.2) is 41.8 Å². The molecule has 0 saturated heterocycles. The normalized spacial score (nSPS) is 15.3. The molecule has 0 bridgehead atoms. The molecule has 1 aromatic heterocycles. The lowest BCUT2D eigenvalue weighted by Crippen LogP contribution is -2.02. The lowest BCUT2D eigenvalue weighted by Gasteiger charge is -2.09. The van der Waals surface area contributed by atoms with Gasteiger partial charge < -0.3 is 4.74 Å². The average Bonchev–Trinajstić information content (AvgIpc) is 2.86. The molecule has 102 valence electrons. The molecule has 1 aliphatic carbocycles. The van der Waals surface area contributed by atoms with Crippen LogP contribution in [0.4, 0.5) is 0 Å². The molecule has 1 heterocycles. The lowest BCUT2D eigenvalue weighted by molar-refractivity contribution is -0.137. The fourth-order valence-electron chi connectivity index (χ4n) is 2.63. The predicted octanol–water partition coefficient (Wildman–Crippen LogP) is 3.84. The molecule has 0 atom stereocenters. The minimum absolute atomic E-state index is 0.267. The lowest BCUT2D eigenvalue weighted by atomic mass is 9.96. The first-order valence-corrected chi connectivity index (χ1v) is 7.71. The molecular formula is C17H16O2S. The summed E-state index contributed by atoms with van der Waals surface area (Å²) in [5.74, 6) is -0.267. The van der Waals surface area contributed by atoms with E-state index in [-0.39, 0.29) is 5.97 Å². The molecule has 2 aromatic rings. The number of fused-ring (bicyclic) bond motifs is 2. The molecule has 0 saturated carbocycles. The van der Waals surface area contributed by atoms with Gasteiger partial charge in [-0.1, -0.05) is 24.3 Å². The van der Waals surface area contributed by atoms with Crippen molar-refractivity contribution in [3.8, 4) is 0 Å². The van der Waals surface area contributed by atoms with E-state index in [1.807, 2.05) is 13.0 Å². The molecular weight excluding hydrogens is 268 g/mol. The van der Waals surface area contributed by atoms with E-state index in [0.29, 0.717) is 6.61 Å². The van der Waals surface area contributed by atoms with Crippen molar-refractivity contribution >= 4 is 22.9 Å². The van der Waals surface area contributed by atoms with Crippen molar-refractivity contribution in [3.05, 3.63) is 63.4 Å². The second-order valence-electron chi connectivity index (χ2n) is 4.72. The molecule has 1 aromatic carbocycles. The smallest absolute Gasteiger partial charge is 0.331 e. The van der Waals surface area contributed by atoms with Gasteiger partial charge in [0.15, 0.2) is 0 Å². The Balaban J connectivity index is 2.15. The van der Waals surface area contributed by atoms with Crippen molar-refractivity contribution in [1.82, 2.24) is 0 Å². The van der Waals surface area contributed by atoms with Crippen LogP contribution in [0.2, 0.25) is 0 Å². The highest BCUT2D eigenvalue weighted by Crippen LogP contribution is 2.35. The highest BCUT2D eigenvalue weighted by atomic mass is 32.1. The summed E-state index contributed by atoms with van der Waals surface area (Å²) in [6, 6.07) is 10.4. The second-order valence-corrected chi connectivity index (χ2v) is 5.73. The minimum atomic E-state index is -0.267. The van der Waals surface area contributed by atoms with Gasteiger partial charge in [-0.25, -0.2) is 4.79 Å². The number of benzene rings is 1. The average molecular weight is 284 g/mol. The van der Waals surface area contributed by atoms with Gasteiger partial charge in [0, 0.05) is 11.0 Å². The van der Waals surface area contributed by atoms with Crippen molar-refractivity contribution < 1.29 is 9.53 Å². The van der Waals surface area contributed by atoms with Gasteiger partial charge in [-0.2, -0.15) is 0 Å². The molecule has 20 heavy (non-hydrogen) atoms. The van der Waals surface area contributed by atoms with Gasteiger partial charge in [0.2, 0.25) is 0 Å². The van der Waals surface area contributed by atoms with E-state index in [0.717, 1.165) is 24.0 Å². The second kappa shape index (κ2) is 5.63. The fraction of sp³-hybridized carbons (Fsp3) is 0.235. The van der Waals surface area contributed by atoms with E-state index in [1.54, 1.807) is 17.4 Å². The number of carbonyl (C=O) groups is 1. The van der Waals surface area contributed by atoms with Crippen LogP contribution < -0.4 is 0 Å². The zero-order valence-electron chi connectivity index (χ0n) is 11.4. The van der Waals surface area contributed by atoms with E-state index in [4.69, 9.17) is 4.74 Å². The Morgan fingerprint density at radius 1 is 1.25 bits per heavy atom. The van der Waals surface area contributed by atoms with Crippen molar-refractivity contribution in [2.75, 3.05) is 6.61 Å². The SMILES string of the molecule is CCOC(=O)/C=C1/c2ccccc2CCc2sccc21. The summed E-state index contributed by atoms with van der Waals surface area (Å²) in [6.07, 6.45) is 3.69. The molecule has 0 N–H and O–H groups in total. The van der Waals surface area contributed by atoms with Crippen molar-refractivity contribution in [2.45, 2.75) is 19.8 Å². The monoisotopic (exact) mass is 284 g/mol. The Labute approximate surface area is 122 Å².